The molecule has 1 spiro atoms. The van der Waals surface area contributed by atoms with Crippen molar-refractivity contribution < 1.29 is 23.5 Å². The van der Waals surface area contributed by atoms with Crippen molar-refractivity contribution >= 4 is 11.9 Å². The van der Waals surface area contributed by atoms with Crippen LogP contribution in [0.15, 0.2) is 42.1 Å². The van der Waals surface area contributed by atoms with Crippen molar-refractivity contribution in [2.45, 2.75) is 51.6 Å². The van der Waals surface area contributed by atoms with Gasteiger partial charge in [0, 0.05) is 48.4 Å². The lowest BCUT2D eigenvalue weighted by Crippen LogP contribution is -2.54. The Kier molecular flexibility index (Phi) is 6.38. The summed E-state index contributed by atoms with van der Waals surface area (Å²) in [6, 6.07) is 8.37. The fourth-order valence-electron chi connectivity index (χ4n) is 6.30. The van der Waals surface area contributed by atoms with Gasteiger partial charge in [0.15, 0.2) is 0 Å². The van der Waals surface area contributed by atoms with Crippen molar-refractivity contribution in [2.75, 3.05) is 33.9 Å². The molecular formula is C29H34FN3O4. The molecule has 5 rings (SSSR count). The predicted octanol–water partition coefficient (Wildman–Crippen LogP) is 5.08. The van der Waals surface area contributed by atoms with E-state index in [1.54, 1.807) is 33.3 Å². The number of likely N-dealkylation sites (N-methyl/N-ethyl adjacent to an activating group) is 1. The summed E-state index contributed by atoms with van der Waals surface area (Å²) in [5.41, 5.74) is 3.55. The highest BCUT2D eigenvalue weighted by molar-refractivity contribution is 5.94. The molecule has 37 heavy (non-hydrogen) atoms. The van der Waals surface area contributed by atoms with Crippen LogP contribution in [-0.4, -0.2) is 66.0 Å². The van der Waals surface area contributed by atoms with Crippen LogP contribution < -0.4 is 9.47 Å². The van der Waals surface area contributed by atoms with Gasteiger partial charge in [-0.25, -0.2) is 9.18 Å². The van der Waals surface area contributed by atoms with Crippen molar-refractivity contribution in [1.82, 2.24) is 14.7 Å². The molecule has 196 valence electrons. The molecule has 8 heteroatoms. The molecule has 7 nitrogen and oxygen atoms in total. The number of urea groups is 1. The second-order valence-electron chi connectivity index (χ2n) is 10.1. The maximum Gasteiger partial charge on any atom is 0.325 e. The Bertz CT molecular complexity index is 1280. The maximum atomic E-state index is 13.8. The third kappa shape index (κ3) is 3.93. The molecule has 0 radical (unpaired) electrons. The van der Waals surface area contributed by atoms with Gasteiger partial charge in [-0.15, -0.1) is 0 Å². The van der Waals surface area contributed by atoms with Crippen LogP contribution in [-0.2, 0) is 6.54 Å². The van der Waals surface area contributed by atoms with Gasteiger partial charge in [0.05, 0.1) is 26.3 Å². The van der Waals surface area contributed by atoms with Gasteiger partial charge in [-0.2, -0.15) is 0 Å². The number of aryl methyl sites for hydroxylation is 1. The van der Waals surface area contributed by atoms with E-state index in [-0.39, 0.29) is 23.7 Å². The summed E-state index contributed by atoms with van der Waals surface area (Å²) in [6.45, 7) is 7.86. The van der Waals surface area contributed by atoms with Crippen molar-refractivity contribution in [2.24, 2.45) is 0 Å². The topological polar surface area (TPSA) is 62.3 Å². The molecule has 0 aromatic heterocycles. The number of allylic oxidation sites excluding steroid dienone is 1. The highest BCUT2D eigenvalue weighted by atomic mass is 19.1. The average Bonchev–Trinajstić information content (AvgIpc) is 3.01. The average molecular weight is 508 g/mol. The smallest absolute Gasteiger partial charge is 0.325 e. The molecule has 2 fully saturated rings. The standard InChI is InChI=1S/C29H34FN3O4/c1-6-33-28(35)32-17-21-15-22(36-4)16-24(37-5)26(21)19(3)14-25(32)29(33)9-11-31(12-10-29)27(34)20-7-8-23(30)18(2)13-20/h7-8,13-16,19H,6,9-12,17H2,1-5H3. The van der Waals surface area contributed by atoms with E-state index in [9.17, 15) is 14.0 Å². The second kappa shape index (κ2) is 9.39. The van der Waals surface area contributed by atoms with Crippen LogP contribution in [0.3, 0.4) is 0 Å². The number of likely N-dealkylation sites (tertiary alicyclic amines) is 1. The maximum absolute atomic E-state index is 13.8. The fourth-order valence-corrected chi connectivity index (χ4v) is 6.30. The Balaban J connectivity index is 1.47. The minimum atomic E-state index is -0.477. The molecule has 3 heterocycles. The molecule has 0 bridgehead atoms. The van der Waals surface area contributed by atoms with Gasteiger partial charge in [0.1, 0.15) is 17.3 Å². The van der Waals surface area contributed by atoms with Crippen LogP contribution in [0.2, 0.25) is 0 Å². The lowest BCUT2D eigenvalue weighted by Gasteiger charge is -2.44. The number of hydrogen-bond donors (Lipinski definition) is 0. The first-order valence-corrected chi connectivity index (χ1v) is 12.9. The molecule has 3 amide bonds. The number of amides is 3. The Morgan fingerprint density at radius 1 is 1.14 bits per heavy atom. The Morgan fingerprint density at radius 3 is 2.49 bits per heavy atom. The van der Waals surface area contributed by atoms with E-state index in [1.807, 2.05) is 33.8 Å². The third-order valence-electron chi connectivity index (χ3n) is 8.19. The van der Waals surface area contributed by atoms with Crippen LogP contribution in [0.1, 0.15) is 59.7 Å². The number of benzene rings is 2. The van der Waals surface area contributed by atoms with Gasteiger partial charge < -0.3 is 19.3 Å². The number of carbonyl (C=O) groups excluding carboxylic acids is 2. The van der Waals surface area contributed by atoms with Gasteiger partial charge in [-0.1, -0.05) is 13.0 Å². The molecule has 2 aromatic rings. The van der Waals surface area contributed by atoms with E-state index in [0.717, 1.165) is 22.6 Å². The summed E-state index contributed by atoms with van der Waals surface area (Å²) in [5.74, 6) is 1.06. The van der Waals surface area contributed by atoms with Gasteiger partial charge in [-0.3, -0.25) is 9.69 Å². The molecule has 1 atom stereocenters. The molecule has 3 aliphatic rings. The predicted molar refractivity (Wildman–Crippen MR) is 138 cm³/mol. The summed E-state index contributed by atoms with van der Waals surface area (Å²) in [5, 5.41) is 0. The summed E-state index contributed by atoms with van der Waals surface area (Å²) >= 11 is 0. The Labute approximate surface area is 217 Å². The molecule has 3 aliphatic heterocycles. The van der Waals surface area contributed by atoms with Gasteiger partial charge in [0.25, 0.3) is 5.91 Å². The molecule has 1 unspecified atom stereocenters. The van der Waals surface area contributed by atoms with Crippen LogP contribution in [0.4, 0.5) is 9.18 Å². The van der Waals surface area contributed by atoms with E-state index in [0.29, 0.717) is 55.9 Å². The summed E-state index contributed by atoms with van der Waals surface area (Å²) in [4.78, 5) is 32.7. The zero-order valence-corrected chi connectivity index (χ0v) is 22.1. The number of fused-ring (bicyclic) bond motifs is 3. The largest absolute Gasteiger partial charge is 0.497 e. The number of carbonyl (C=O) groups is 2. The normalized spacial score (nSPS) is 20.4. The monoisotopic (exact) mass is 507 g/mol. The first-order valence-electron chi connectivity index (χ1n) is 12.9. The molecule has 2 aromatic carbocycles. The molecule has 0 saturated carbocycles. The lowest BCUT2D eigenvalue weighted by atomic mass is 9.82. The quantitative estimate of drug-likeness (QED) is 0.579. The molecular weight excluding hydrogens is 473 g/mol. The minimum absolute atomic E-state index is 0.00970. The molecule has 2 saturated heterocycles. The van der Waals surface area contributed by atoms with Crippen molar-refractivity contribution in [3.63, 3.8) is 0 Å². The second-order valence-corrected chi connectivity index (χ2v) is 10.1. The van der Waals surface area contributed by atoms with Gasteiger partial charge >= 0.3 is 6.03 Å². The molecule has 0 aliphatic carbocycles. The zero-order valence-electron chi connectivity index (χ0n) is 22.1. The van der Waals surface area contributed by atoms with E-state index in [1.165, 1.54) is 6.07 Å². The Morgan fingerprint density at radius 2 is 1.86 bits per heavy atom. The SMILES string of the molecule is CCN1C(=O)N2Cc3cc(OC)cc(OC)c3C(C)C=C2C12CCN(C(=O)c1ccc(F)c(C)c1)CC2. The number of methoxy groups -OCH3 is 2. The van der Waals surface area contributed by atoms with Crippen molar-refractivity contribution in [3.8, 4) is 11.5 Å². The number of nitrogens with zero attached hydrogens (tertiary/aromatic N) is 3. The number of ether oxygens (including phenoxy) is 2. The minimum Gasteiger partial charge on any atom is -0.497 e. The fraction of sp³-hybridized carbons (Fsp3) is 0.448. The highest BCUT2D eigenvalue weighted by Crippen LogP contribution is 2.49. The number of hydrogen-bond acceptors (Lipinski definition) is 4. The number of halogens is 1. The van der Waals surface area contributed by atoms with Crippen molar-refractivity contribution in [1.29, 1.82) is 0 Å². The first kappa shape index (κ1) is 25.1. The van der Waals surface area contributed by atoms with E-state index < -0.39 is 5.54 Å². The van der Waals surface area contributed by atoms with E-state index >= 15 is 0 Å². The van der Waals surface area contributed by atoms with Crippen LogP contribution in [0, 0.1) is 12.7 Å². The van der Waals surface area contributed by atoms with E-state index in [2.05, 4.69) is 13.0 Å². The third-order valence-corrected chi connectivity index (χ3v) is 8.19. The number of piperidine rings is 1. The lowest BCUT2D eigenvalue weighted by molar-refractivity contribution is 0.0575. The summed E-state index contributed by atoms with van der Waals surface area (Å²) in [6.07, 6.45) is 3.49. The van der Waals surface area contributed by atoms with Gasteiger partial charge in [-0.05, 0) is 62.1 Å². The van der Waals surface area contributed by atoms with Crippen LogP contribution in [0.25, 0.3) is 0 Å². The van der Waals surface area contributed by atoms with E-state index in [4.69, 9.17) is 9.47 Å². The van der Waals surface area contributed by atoms with Crippen molar-refractivity contribution in [3.05, 3.63) is 70.2 Å². The summed E-state index contributed by atoms with van der Waals surface area (Å²) in [7, 11) is 3.28. The zero-order chi connectivity index (χ0) is 26.5. The van der Waals surface area contributed by atoms with Gasteiger partial charge in [0.2, 0.25) is 0 Å². The van der Waals surface area contributed by atoms with Crippen LogP contribution >= 0.6 is 0 Å². The first-order chi connectivity index (χ1) is 17.7. The Hall–Kier alpha value is -3.55. The molecule has 0 N–H and O–H groups in total. The highest BCUT2D eigenvalue weighted by Gasteiger charge is 2.55. The number of rotatable bonds is 4. The summed E-state index contributed by atoms with van der Waals surface area (Å²) < 4.78 is 25.0. The van der Waals surface area contributed by atoms with Crippen LogP contribution in [0.5, 0.6) is 11.5 Å².